The Balaban J connectivity index is 2.05. The molecule has 2 aromatic rings. The number of amides is 1. The van der Waals surface area contributed by atoms with Crippen LogP contribution in [-0.2, 0) is 16.0 Å². The van der Waals surface area contributed by atoms with Gasteiger partial charge in [0.25, 0.3) is 0 Å². The van der Waals surface area contributed by atoms with Gasteiger partial charge < -0.3 is 14.8 Å². The lowest BCUT2D eigenvalue weighted by atomic mass is 9.85. The number of halogens is 1. The summed E-state index contributed by atoms with van der Waals surface area (Å²) in [5, 5.41) is 11.8. The molecule has 0 aliphatic heterocycles. The van der Waals surface area contributed by atoms with Crippen LogP contribution in [0, 0.1) is 11.7 Å². The Bertz CT molecular complexity index is 755. The fourth-order valence-electron chi connectivity index (χ4n) is 2.35. The highest BCUT2D eigenvalue weighted by Crippen LogP contribution is 2.22. The molecular formula is C18H21FN2O4. The van der Waals surface area contributed by atoms with Crippen LogP contribution in [0.2, 0.25) is 0 Å². The lowest BCUT2D eigenvalue weighted by Crippen LogP contribution is -2.51. The standard InChI is InChI=1S/C18H21FN2O4/c1-11(2)18(3,9-16(23)24)21-15(22)8-14-10-25-17(20-14)12-4-6-13(19)7-5-12/h4-7,10-11H,8-9H2,1-3H3,(H,21,22)(H,23,24). The molecule has 6 nitrogen and oxygen atoms in total. The number of aromatic nitrogens is 1. The fraction of sp³-hybridized carbons (Fsp3) is 0.389. The Morgan fingerprint density at radius 2 is 1.96 bits per heavy atom. The summed E-state index contributed by atoms with van der Waals surface area (Å²) >= 11 is 0. The Morgan fingerprint density at radius 1 is 1.32 bits per heavy atom. The molecule has 0 bridgehead atoms. The number of nitrogens with one attached hydrogen (secondary N) is 1. The molecule has 2 N–H and O–H groups in total. The van der Waals surface area contributed by atoms with Gasteiger partial charge >= 0.3 is 5.97 Å². The second-order valence-corrected chi connectivity index (χ2v) is 6.52. The zero-order valence-electron chi connectivity index (χ0n) is 14.4. The fourth-order valence-corrected chi connectivity index (χ4v) is 2.35. The van der Waals surface area contributed by atoms with E-state index in [2.05, 4.69) is 10.3 Å². The van der Waals surface area contributed by atoms with E-state index in [4.69, 9.17) is 9.52 Å². The molecule has 134 valence electrons. The molecule has 1 unspecified atom stereocenters. The van der Waals surface area contributed by atoms with Crippen molar-refractivity contribution < 1.29 is 23.5 Å². The third-order valence-corrected chi connectivity index (χ3v) is 4.20. The number of carboxylic acid groups (broad SMARTS) is 1. The lowest BCUT2D eigenvalue weighted by molar-refractivity contribution is -0.139. The molecule has 0 aliphatic rings. The molecule has 7 heteroatoms. The average molecular weight is 348 g/mol. The van der Waals surface area contributed by atoms with Crippen molar-refractivity contribution in [3.8, 4) is 11.5 Å². The number of carbonyl (C=O) groups excluding carboxylic acids is 1. The van der Waals surface area contributed by atoms with Crippen molar-refractivity contribution in [1.82, 2.24) is 10.3 Å². The number of hydrogen-bond donors (Lipinski definition) is 2. The van der Waals surface area contributed by atoms with Gasteiger partial charge in [-0.3, -0.25) is 9.59 Å². The molecule has 1 aromatic heterocycles. The number of benzene rings is 1. The smallest absolute Gasteiger partial charge is 0.305 e. The number of hydrogen-bond acceptors (Lipinski definition) is 4. The Hall–Kier alpha value is -2.70. The van der Waals surface area contributed by atoms with E-state index in [9.17, 15) is 14.0 Å². The molecule has 0 aliphatic carbocycles. The molecular weight excluding hydrogens is 327 g/mol. The van der Waals surface area contributed by atoms with Crippen LogP contribution in [0.4, 0.5) is 4.39 Å². The van der Waals surface area contributed by atoms with E-state index in [1.165, 1.54) is 30.5 Å². The van der Waals surface area contributed by atoms with Crippen LogP contribution in [-0.4, -0.2) is 27.5 Å². The first-order valence-corrected chi connectivity index (χ1v) is 7.93. The van der Waals surface area contributed by atoms with E-state index in [-0.39, 0.29) is 30.5 Å². The minimum absolute atomic E-state index is 0.0351. The predicted molar refractivity (Wildman–Crippen MR) is 89.2 cm³/mol. The van der Waals surface area contributed by atoms with Crippen molar-refractivity contribution in [3.05, 3.63) is 42.0 Å². The number of aliphatic carboxylic acids is 1. The van der Waals surface area contributed by atoms with Gasteiger partial charge in [-0.05, 0) is 37.1 Å². The molecule has 1 atom stereocenters. The normalized spacial score (nSPS) is 13.5. The Morgan fingerprint density at radius 3 is 2.52 bits per heavy atom. The summed E-state index contributed by atoms with van der Waals surface area (Å²) in [5.74, 6) is -1.44. The van der Waals surface area contributed by atoms with Crippen molar-refractivity contribution in [2.45, 2.75) is 39.2 Å². The van der Waals surface area contributed by atoms with Crippen LogP contribution >= 0.6 is 0 Å². The van der Waals surface area contributed by atoms with Gasteiger partial charge in [-0.1, -0.05) is 13.8 Å². The highest BCUT2D eigenvalue weighted by Gasteiger charge is 2.32. The maximum absolute atomic E-state index is 12.9. The van der Waals surface area contributed by atoms with Gasteiger partial charge in [0, 0.05) is 11.1 Å². The molecule has 0 fully saturated rings. The topological polar surface area (TPSA) is 92.4 Å². The number of carbonyl (C=O) groups is 2. The van der Waals surface area contributed by atoms with E-state index < -0.39 is 11.5 Å². The first kappa shape index (κ1) is 18.6. The summed E-state index contributed by atoms with van der Waals surface area (Å²) in [7, 11) is 0. The van der Waals surface area contributed by atoms with Crippen molar-refractivity contribution in [2.24, 2.45) is 5.92 Å². The number of carboxylic acids is 1. The Kier molecular flexibility index (Phi) is 5.56. The zero-order valence-corrected chi connectivity index (χ0v) is 14.4. The molecule has 0 spiro atoms. The highest BCUT2D eigenvalue weighted by molar-refractivity contribution is 5.80. The maximum atomic E-state index is 12.9. The summed E-state index contributed by atoms with van der Waals surface area (Å²) in [6.07, 6.45) is 1.16. The first-order chi connectivity index (χ1) is 11.7. The van der Waals surface area contributed by atoms with Crippen LogP contribution in [0.5, 0.6) is 0 Å². The zero-order chi connectivity index (χ0) is 18.6. The molecule has 0 saturated heterocycles. The average Bonchev–Trinajstić information content (AvgIpc) is 2.95. The third kappa shape index (κ3) is 4.89. The van der Waals surface area contributed by atoms with E-state index in [0.717, 1.165) is 0 Å². The first-order valence-electron chi connectivity index (χ1n) is 7.93. The molecule has 0 saturated carbocycles. The molecule has 1 aromatic carbocycles. The van der Waals surface area contributed by atoms with Crippen molar-refractivity contribution in [3.63, 3.8) is 0 Å². The van der Waals surface area contributed by atoms with Gasteiger partial charge in [-0.25, -0.2) is 9.37 Å². The van der Waals surface area contributed by atoms with Crippen LogP contribution in [0.15, 0.2) is 34.9 Å². The van der Waals surface area contributed by atoms with Gasteiger partial charge in [0.1, 0.15) is 12.1 Å². The van der Waals surface area contributed by atoms with Gasteiger partial charge in [0.2, 0.25) is 11.8 Å². The quantitative estimate of drug-likeness (QED) is 0.802. The minimum atomic E-state index is -0.975. The summed E-state index contributed by atoms with van der Waals surface area (Å²) in [4.78, 5) is 27.5. The van der Waals surface area contributed by atoms with Crippen LogP contribution in [0.1, 0.15) is 32.9 Å². The van der Waals surface area contributed by atoms with Gasteiger partial charge in [0.15, 0.2) is 0 Å². The van der Waals surface area contributed by atoms with Gasteiger partial charge in [-0.15, -0.1) is 0 Å². The third-order valence-electron chi connectivity index (χ3n) is 4.20. The van der Waals surface area contributed by atoms with Gasteiger partial charge in [-0.2, -0.15) is 0 Å². The van der Waals surface area contributed by atoms with Crippen molar-refractivity contribution in [1.29, 1.82) is 0 Å². The summed E-state index contributed by atoms with van der Waals surface area (Å²) in [6.45, 7) is 5.41. The minimum Gasteiger partial charge on any atom is -0.481 e. The van der Waals surface area contributed by atoms with Gasteiger partial charge in [0.05, 0.1) is 18.5 Å². The second-order valence-electron chi connectivity index (χ2n) is 6.52. The number of nitrogens with zero attached hydrogens (tertiary/aromatic N) is 1. The Labute approximate surface area is 145 Å². The van der Waals surface area contributed by atoms with Crippen LogP contribution in [0.3, 0.4) is 0 Å². The van der Waals surface area contributed by atoms with Crippen molar-refractivity contribution in [2.75, 3.05) is 0 Å². The van der Waals surface area contributed by atoms with Crippen LogP contribution < -0.4 is 5.32 Å². The molecule has 0 radical (unpaired) electrons. The maximum Gasteiger partial charge on any atom is 0.305 e. The largest absolute Gasteiger partial charge is 0.481 e. The SMILES string of the molecule is CC(C)C(C)(CC(=O)O)NC(=O)Cc1coc(-c2ccc(F)cc2)n1. The molecule has 2 rings (SSSR count). The van der Waals surface area contributed by atoms with E-state index in [1.807, 2.05) is 13.8 Å². The number of oxazole rings is 1. The van der Waals surface area contributed by atoms with E-state index >= 15 is 0 Å². The summed E-state index contributed by atoms with van der Waals surface area (Å²) in [5.41, 5.74) is 0.163. The summed E-state index contributed by atoms with van der Waals surface area (Å²) in [6, 6.07) is 5.67. The van der Waals surface area contributed by atoms with Crippen molar-refractivity contribution >= 4 is 11.9 Å². The lowest BCUT2D eigenvalue weighted by Gasteiger charge is -2.33. The van der Waals surface area contributed by atoms with E-state index in [0.29, 0.717) is 17.1 Å². The number of rotatable bonds is 7. The molecule has 25 heavy (non-hydrogen) atoms. The second kappa shape index (κ2) is 7.46. The predicted octanol–water partition coefficient (Wildman–Crippen LogP) is 3.03. The monoisotopic (exact) mass is 348 g/mol. The summed E-state index contributed by atoms with van der Waals surface area (Å²) < 4.78 is 18.3. The van der Waals surface area contributed by atoms with E-state index in [1.54, 1.807) is 6.92 Å². The van der Waals surface area contributed by atoms with Crippen LogP contribution in [0.25, 0.3) is 11.5 Å². The molecule has 1 heterocycles. The molecule has 1 amide bonds. The highest BCUT2D eigenvalue weighted by atomic mass is 19.1.